The van der Waals surface area contributed by atoms with Crippen LogP contribution in [0.25, 0.3) is 0 Å². The van der Waals surface area contributed by atoms with Crippen molar-refractivity contribution in [3.05, 3.63) is 28.5 Å². The van der Waals surface area contributed by atoms with Crippen molar-refractivity contribution >= 4 is 17.6 Å². The molecule has 1 rings (SSSR count). The third kappa shape index (κ3) is 1.95. The van der Waals surface area contributed by atoms with Crippen molar-refractivity contribution < 1.29 is 9.90 Å². The number of aryl methyl sites for hydroxylation is 1. The van der Waals surface area contributed by atoms with Gasteiger partial charge in [0.2, 0.25) is 0 Å². The number of aliphatic carboxylic acids is 1. The number of aromatic nitrogens is 1. The van der Waals surface area contributed by atoms with E-state index in [1.165, 1.54) is 0 Å². The molecule has 0 amide bonds. The van der Waals surface area contributed by atoms with E-state index in [4.69, 9.17) is 16.7 Å². The van der Waals surface area contributed by atoms with Crippen molar-refractivity contribution in [3.63, 3.8) is 0 Å². The molecular formula is C8H8ClNO2. The fourth-order valence-electron chi connectivity index (χ4n) is 0.929. The molecule has 1 N–H and O–H groups in total. The molecule has 12 heavy (non-hydrogen) atoms. The second-order valence-electron chi connectivity index (χ2n) is 2.43. The Kier molecular flexibility index (Phi) is 2.65. The lowest BCUT2D eigenvalue weighted by Crippen LogP contribution is -2.03. The summed E-state index contributed by atoms with van der Waals surface area (Å²) >= 11 is 5.77. The maximum atomic E-state index is 10.4. The van der Waals surface area contributed by atoms with Crippen LogP contribution in [0.15, 0.2) is 12.3 Å². The fourth-order valence-corrected chi connectivity index (χ4v) is 1.19. The fraction of sp³-hybridized carbons (Fsp3) is 0.250. The van der Waals surface area contributed by atoms with Gasteiger partial charge in [-0.1, -0.05) is 11.6 Å². The molecule has 0 aliphatic carbocycles. The smallest absolute Gasteiger partial charge is 0.307 e. The highest BCUT2D eigenvalue weighted by Crippen LogP contribution is 2.17. The van der Waals surface area contributed by atoms with Crippen LogP contribution in [0.4, 0.5) is 0 Å². The summed E-state index contributed by atoms with van der Waals surface area (Å²) in [7, 11) is 0. The number of pyridine rings is 1. The minimum Gasteiger partial charge on any atom is -0.481 e. The normalized spacial score (nSPS) is 9.83. The van der Waals surface area contributed by atoms with Crippen LogP contribution in [0.2, 0.25) is 5.02 Å². The predicted octanol–water partition coefficient (Wildman–Crippen LogP) is 1.67. The van der Waals surface area contributed by atoms with Crippen molar-refractivity contribution in [2.45, 2.75) is 13.3 Å². The SMILES string of the molecule is Cc1nccc(Cl)c1CC(=O)O. The lowest BCUT2D eigenvalue weighted by Gasteiger charge is -2.02. The Hall–Kier alpha value is -1.09. The summed E-state index contributed by atoms with van der Waals surface area (Å²) in [5.41, 5.74) is 1.26. The van der Waals surface area contributed by atoms with Gasteiger partial charge in [0.15, 0.2) is 0 Å². The molecule has 64 valence electrons. The summed E-state index contributed by atoms with van der Waals surface area (Å²) < 4.78 is 0. The van der Waals surface area contributed by atoms with Crippen molar-refractivity contribution in [3.8, 4) is 0 Å². The zero-order valence-corrected chi connectivity index (χ0v) is 7.30. The first kappa shape index (κ1) is 9.00. The Morgan fingerprint density at radius 1 is 1.75 bits per heavy atom. The molecule has 0 bridgehead atoms. The lowest BCUT2D eigenvalue weighted by molar-refractivity contribution is -0.136. The predicted molar refractivity (Wildman–Crippen MR) is 45.3 cm³/mol. The van der Waals surface area contributed by atoms with E-state index in [0.717, 1.165) is 0 Å². The molecule has 1 heterocycles. The molecule has 1 aromatic rings. The average molecular weight is 186 g/mol. The number of hydrogen-bond acceptors (Lipinski definition) is 2. The number of nitrogens with zero attached hydrogens (tertiary/aromatic N) is 1. The number of carbonyl (C=O) groups is 1. The van der Waals surface area contributed by atoms with Crippen molar-refractivity contribution in [1.29, 1.82) is 0 Å². The van der Waals surface area contributed by atoms with E-state index in [1.54, 1.807) is 19.2 Å². The van der Waals surface area contributed by atoms with Gasteiger partial charge in [0, 0.05) is 22.5 Å². The van der Waals surface area contributed by atoms with Crippen LogP contribution in [0.3, 0.4) is 0 Å². The minimum absolute atomic E-state index is 0.0709. The molecule has 0 aliphatic heterocycles. The van der Waals surface area contributed by atoms with Gasteiger partial charge in [-0.05, 0) is 13.0 Å². The Balaban J connectivity index is 3.04. The number of carboxylic acids is 1. The molecule has 0 atom stereocenters. The highest BCUT2D eigenvalue weighted by atomic mass is 35.5. The van der Waals surface area contributed by atoms with E-state index >= 15 is 0 Å². The zero-order chi connectivity index (χ0) is 9.14. The molecule has 0 fully saturated rings. The van der Waals surface area contributed by atoms with Gasteiger partial charge in [-0.2, -0.15) is 0 Å². The van der Waals surface area contributed by atoms with Crippen LogP contribution >= 0.6 is 11.6 Å². The van der Waals surface area contributed by atoms with E-state index in [1.807, 2.05) is 0 Å². The summed E-state index contributed by atoms with van der Waals surface area (Å²) in [6.07, 6.45) is 1.49. The first-order chi connectivity index (χ1) is 5.61. The largest absolute Gasteiger partial charge is 0.481 e. The quantitative estimate of drug-likeness (QED) is 0.763. The van der Waals surface area contributed by atoms with Gasteiger partial charge in [0.05, 0.1) is 6.42 Å². The van der Waals surface area contributed by atoms with Crippen LogP contribution in [0.5, 0.6) is 0 Å². The maximum Gasteiger partial charge on any atom is 0.307 e. The number of rotatable bonds is 2. The van der Waals surface area contributed by atoms with Crippen LogP contribution < -0.4 is 0 Å². The van der Waals surface area contributed by atoms with Crippen molar-refractivity contribution in [2.75, 3.05) is 0 Å². The van der Waals surface area contributed by atoms with Crippen molar-refractivity contribution in [2.24, 2.45) is 0 Å². The van der Waals surface area contributed by atoms with E-state index in [0.29, 0.717) is 16.3 Å². The van der Waals surface area contributed by atoms with Gasteiger partial charge in [-0.25, -0.2) is 0 Å². The van der Waals surface area contributed by atoms with Gasteiger partial charge in [0.25, 0.3) is 0 Å². The van der Waals surface area contributed by atoms with E-state index in [9.17, 15) is 4.79 Å². The molecule has 0 saturated heterocycles. The second kappa shape index (κ2) is 3.54. The number of hydrogen-bond donors (Lipinski definition) is 1. The molecule has 0 spiro atoms. The molecule has 3 nitrogen and oxygen atoms in total. The molecule has 0 saturated carbocycles. The number of halogens is 1. The molecule has 4 heteroatoms. The standard InChI is InChI=1S/C8H8ClNO2/c1-5-6(4-8(11)12)7(9)2-3-10-5/h2-3H,4H2,1H3,(H,11,12). The van der Waals surface area contributed by atoms with E-state index < -0.39 is 5.97 Å². The number of carboxylic acid groups (broad SMARTS) is 1. The summed E-state index contributed by atoms with van der Waals surface area (Å²) in [5.74, 6) is -0.895. The van der Waals surface area contributed by atoms with Crippen molar-refractivity contribution in [1.82, 2.24) is 4.98 Å². The van der Waals surface area contributed by atoms with E-state index in [-0.39, 0.29) is 6.42 Å². The first-order valence-electron chi connectivity index (χ1n) is 3.43. The second-order valence-corrected chi connectivity index (χ2v) is 2.83. The Morgan fingerprint density at radius 3 is 2.92 bits per heavy atom. The first-order valence-corrected chi connectivity index (χ1v) is 3.81. The summed E-state index contributed by atoms with van der Waals surface area (Å²) in [5, 5.41) is 8.99. The lowest BCUT2D eigenvalue weighted by atomic mass is 10.1. The topological polar surface area (TPSA) is 50.2 Å². The summed E-state index contributed by atoms with van der Waals surface area (Å²) in [6.45, 7) is 1.74. The molecule has 1 aromatic heterocycles. The third-order valence-electron chi connectivity index (χ3n) is 1.54. The monoisotopic (exact) mass is 185 g/mol. The minimum atomic E-state index is -0.895. The Labute approximate surface area is 75.0 Å². The van der Waals surface area contributed by atoms with Gasteiger partial charge in [0.1, 0.15) is 0 Å². The van der Waals surface area contributed by atoms with Gasteiger partial charge in [-0.15, -0.1) is 0 Å². The maximum absolute atomic E-state index is 10.4. The highest BCUT2D eigenvalue weighted by Gasteiger charge is 2.08. The van der Waals surface area contributed by atoms with Crippen LogP contribution in [0.1, 0.15) is 11.3 Å². The average Bonchev–Trinajstić information content (AvgIpc) is 1.97. The van der Waals surface area contributed by atoms with Gasteiger partial charge >= 0.3 is 5.97 Å². The molecule has 0 radical (unpaired) electrons. The van der Waals surface area contributed by atoms with Crippen LogP contribution in [-0.2, 0) is 11.2 Å². The molecule has 0 unspecified atom stereocenters. The van der Waals surface area contributed by atoms with Gasteiger partial charge in [-0.3, -0.25) is 9.78 Å². The molecule has 0 aromatic carbocycles. The molecular weight excluding hydrogens is 178 g/mol. The highest BCUT2D eigenvalue weighted by molar-refractivity contribution is 6.31. The summed E-state index contributed by atoms with van der Waals surface area (Å²) in [4.78, 5) is 14.3. The third-order valence-corrected chi connectivity index (χ3v) is 1.90. The zero-order valence-electron chi connectivity index (χ0n) is 6.54. The Morgan fingerprint density at radius 2 is 2.42 bits per heavy atom. The van der Waals surface area contributed by atoms with Crippen LogP contribution in [-0.4, -0.2) is 16.1 Å². The van der Waals surface area contributed by atoms with Crippen LogP contribution in [0, 0.1) is 6.92 Å². The van der Waals surface area contributed by atoms with Gasteiger partial charge < -0.3 is 5.11 Å². The summed E-state index contributed by atoms with van der Waals surface area (Å²) in [6, 6.07) is 1.59. The van der Waals surface area contributed by atoms with E-state index in [2.05, 4.69) is 4.98 Å². The Bertz CT molecular complexity index is 292. The molecule has 0 aliphatic rings.